The molecule has 1 aromatic rings. The predicted molar refractivity (Wildman–Crippen MR) is 76.1 cm³/mol. The van der Waals surface area contributed by atoms with Crippen molar-refractivity contribution in [3.63, 3.8) is 0 Å². The number of hydrogen-bond donors (Lipinski definition) is 2. The number of amides is 1. The highest BCUT2D eigenvalue weighted by Crippen LogP contribution is 2.22. The molecule has 1 amide bonds. The zero-order valence-electron chi connectivity index (χ0n) is 11.5. The van der Waals surface area contributed by atoms with Gasteiger partial charge in [-0.25, -0.2) is 0 Å². The van der Waals surface area contributed by atoms with Gasteiger partial charge >= 0.3 is 0 Å². The molecule has 2 aliphatic rings. The van der Waals surface area contributed by atoms with Crippen molar-refractivity contribution in [1.82, 2.24) is 5.32 Å². The maximum absolute atomic E-state index is 12.1. The van der Waals surface area contributed by atoms with Crippen LogP contribution in [-0.2, 0) is 15.9 Å². The van der Waals surface area contributed by atoms with Crippen LogP contribution in [0.4, 0.5) is 5.69 Å². The van der Waals surface area contributed by atoms with Gasteiger partial charge in [0, 0.05) is 24.3 Å². The van der Waals surface area contributed by atoms with Crippen LogP contribution in [0.2, 0.25) is 0 Å². The molecule has 1 aromatic carbocycles. The molecule has 0 bridgehead atoms. The summed E-state index contributed by atoms with van der Waals surface area (Å²) in [6, 6.07) is 5.84. The standard InChI is InChI=1S/C15H20N2O3/c18-15(17-9-13-10-19-6-7-20-13)12-3-4-14-11(8-12)2-1-5-16-14/h3-4,8,13,16H,1-2,5-7,9-10H2,(H,17,18). The number of aryl methyl sites for hydroxylation is 1. The topological polar surface area (TPSA) is 59.6 Å². The fourth-order valence-electron chi connectivity index (χ4n) is 2.58. The average molecular weight is 276 g/mol. The minimum atomic E-state index is -0.0486. The first-order valence-corrected chi connectivity index (χ1v) is 7.17. The lowest BCUT2D eigenvalue weighted by Gasteiger charge is -2.23. The van der Waals surface area contributed by atoms with Gasteiger partial charge in [-0.3, -0.25) is 4.79 Å². The van der Waals surface area contributed by atoms with Gasteiger partial charge in [-0.2, -0.15) is 0 Å². The van der Waals surface area contributed by atoms with Crippen LogP contribution in [0, 0.1) is 0 Å². The van der Waals surface area contributed by atoms with Gasteiger partial charge in [0.25, 0.3) is 5.91 Å². The molecule has 5 nitrogen and oxygen atoms in total. The molecule has 2 N–H and O–H groups in total. The van der Waals surface area contributed by atoms with Crippen LogP contribution in [0.3, 0.4) is 0 Å². The van der Waals surface area contributed by atoms with E-state index in [9.17, 15) is 4.79 Å². The predicted octanol–water partition coefficient (Wildman–Crippen LogP) is 1.19. The van der Waals surface area contributed by atoms with Crippen LogP contribution in [-0.4, -0.2) is 44.9 Å². The SMILES string of the molecule is O=C(NCC1COCCO1)c1ccc2c(c1)CCCN2. The normalized spacial score (nSPS) is 21.7. The van der Waals surface area contributed by atoms with Gasteiger partial charge in [0.05, 0.1) is 25.9 Å². The van der Waals surface area contributed by atoms with E-state index < -0.39 is 0 Å². The first kappa shape index (κ1) is 13.4. The van der Waals surface area contributed by atoms with Gasteiger partial charge in [-0.05, 0) is 36.6 Å². The Morgan fingerprint density at radius 2 is 2.35 bits per heavy atom. The molecule has 0 saturated carbocycles. The van der Waals surface area contributed by atoms with Gasteiger partial charge in [0.1, 0.15) is 0 Å². The monoisotopic (exact) mass is 276 g/mol. The number of carbonyl (C=O) groups excluding carboxylic acids is 1. The van der Waals surface area contributed by atoms with E-state index in [1.54, 1.807) is 0 Å². The second-order valence-electron chi connectivity index (χ2n) is 5.18. The molecule has 0 aromatic heterocycles. The van der Waals surface area contributed by atoms with E-state index in [1.807, 2.05) is 18.2 Å². The van der Waals surface area contributed by atoms with E-state index >= 15 is 0 Å². The van der Waals surface area contributed by atoms with E-state index in [-0.39, 0.29) is 12.0 Å². The quantitative estimate of drug-likeness (QED) is 0.870. The zero-order chi connectivity index (χ0) is 13.8. The molecule has 1 saturated heterocycles. The molecular formula is C15H20N2O3. The molecule has 2 heterocycles. The van der Waals surface area contributed by atoms with Crippen LogP contribution in [0.5, 0.6) is 0 Å². The fraction of sp³-hybridized carbons (Fsp3) is 0.533. The van der Waals surface area contributed by atoms with Crippen molar-refractivity contribution in [3.8, 4) is 0 Å². The number of ether oxygens (including phenoxy) is 2. The van der Waals surface area contributed by atoms with Crippen molar-refractivity contribution in [2.75, 3.05) is 38.2 Å². The molecule has 20 heavy (non-hydrogen) atoms. The Morgan fingerprint density at radius 3 is 3.20 bits per heavy atom. The molecule has 108 valence electrons. The Morgan fingerprint density at radius 1 is 1.40 bits per heavy atom. The summed E-state index contributed by atoms with van der Waals surface area (Å²) in [5, 5.41) is 6.26. The van der Waals surface area contributed by atoms with Crippen LogP contribution in [0.15, 0.2) is 18.2 Å². The van der Waals surface area contributed by atoms with Crippen molar-refractivity contribution < 1.29 is 14.3 Å². The Kier molecular flexibility index (Phi) is 4.18. The highest BCUT2D eigenvalue weighted by Gasteiger charge is 2.17. The van der Waals surface area contributed by atoms with Gasteiger partial charge in [-0.1, -0.05) is 0 Å². The molecule has 1 unspecified atom stereocenters. The summed E-state index contributed by atoms with van der Waals surface area (Å²) in [5.41, 5.74) is 3.09. The molecule has 0 aliphatic carbocycles. The highest BCUT2D eigenvalue weighted by atomic mass is 16.6. The summed E-state index contributed by atoms with van der Waals surface area (Å²) in [5.74, 6) is -0.0486. The summed E-state index contributed by atoms with van der Waals surface area (Å²) in [7, 11) is 0. The molecule has 3 rings (SSSR count). The third kappa shape index (κ3) is 3.11. The average Bonchev–Trinajstić information content (AvgIpc) is 2.53. The number of fused-ring (bicyclic) bond motifs is 1. The summed E-state index contributed by atoms with van der Waals surface area (Å²) in [6.45, 7) is 3.30. The summed E-state index contributed by atoms with van der Waals surface area (Å²) in [4.78, 5) is 12.1. The van der Waals surface area contributed by atoms with Gasteiger partial charge in [0.15, 0.2) is 0 Å². The van der Waals surface area contributed by atoms with Crippen molar-refractivity contribution >= 4 is 11.6 Å². The maximum Gasteiger partial charge on any atom is 0.251 e. The van der Waals surface area contributed by atoms with E-state index in [4.69, 9.17) is 9.47 Å². The molecular weight excluding hydrogens is 256 g/mol. The van der Waals surface area contributed by atoms with E-state index in [0.717, 1.165) is 25.1 Å². The van der Waals surface area contributed by atoms with Crippen molar-refractivity contribution in [2.45, 2.75) is 18.9 Å². The lowest BCUT2D eigenvalue weighted by Crippen LogP contribution is -2.39. The van der Waals surface area contributed by atoms with Crippen molar-refractivity contribution in [3.05, 3.63) is 29.3 Å². The number of benzene rings is 1. The van der Waals surface area contributed by atoms with Crippen LogP contribution < -0.4 is 10.6 Å². The summed E-state index contributed by atoms with van der Waals surface area (Å²) in [6.07, 6.45) is 2.11. The lowest BCUT2D eigenvalue weighted by molar-refractivity contribution is -0.0855. The molecule has 1 fully saturated rings. The fourth-order valence-corrected chi connectivity index (χ4v) is 2.58. The first-order chi connectivity index (χ1) is 9.83. The Balaban J connectivity index is 1.59. The first-order valence-electron chi connectivity index (χ1n) is 7.17. The second-order valence-corrected chi connectivity index (χ2v) is 5.18. The van der Waals surface area contributed by atoms with Gasteiger partial charge in [-0.15, -0.1) is 0 Å². The summed E-state index contributed by atoms with van der Waals surface area (Å²) >= 11 is 0. The third-order valence-corrected chi connectivity index (χ3v) is 3.68. The van der Waals surface area contributed by atoms with Crippen molar-refractivity contribution in [2.24, 2.45) is 0 Å². The Bertz CT molecular complexity index is 484. The number of hydrogen-bond acceptors (Lipinski definition) is 4. The highest BCUT2D eigenvalue weighted by molar-refractivity contribution is 5.95. The van der Waals surface area contributed by atoms with E-state index in [2.05, 4.69) is 10.6 Å². The van der Waals surface area contributed by atoms with Crippen molar-refractivity contribution in [1.29, 1.82) is 0 Å². The molecule has 5 heteroatoms. The number of carbonyl (C=O) groups is 1. The summed E-state index contributed by atoms with van der Waals surface area (Å²) < 4.78 is 10.8. The second kappa shape index (κ2) is 6.24. The largest absolute Gasteiger partial charge is 0.385 e. The molecule has 2 aliphatic heterocycles. The number of nitrogens with one attached hydrogen (secondary N) is 2. The van der Waals surface area contributed by atoms with Gasteiger partial charge < -0.3 is 20.1 Å². The minimum Gasteiger partial charge on any atom is -0.385 e. The lowest BCUT2D eigenvalue weighted by atomic mass is 10.0. The molecule has 1 atom stereocenters. The van der Waals surface area contributed by atoms with E-state index in [0.29, 0.717) is 31.9 Å². The van der Waals surface area contributed by atoms with E-state index in [1.165, 1.54) is 5.56 Å². The minimum absolute atomic E-state index is 0.0352. The van der Waals surface area contributed by atoms with Gasteiger partial charge in [0.2, 0.25) is 0 Å². The Labute approximate surface area is 118 Å². The smallest absolute Gasteiger partial charge is 0.251 e. The number of anilines is 1. The number of rotatable bonds is 3. The maximum atomic E-state index is 12.1. The van der Waals surface area contributed by atoms with Crippen LogP contribution in [0.1, 0.15) is 22.3 Å². The molecule has 0 spiro atoms. The Hall–Kier alpha value is -1.59. The third-order valence-electron chi connectivity index (χ3n) is 3.68. The van der Waals surface area contributed by atoms with Crippen LogP contribution in [0.25, 0.3) is 0 Å². The van der Waals surface area contributed by atoms with Crippen LogP contribution >= 0.6 is 0 Å². The molecule has 0 radical (unpaired) electrons. The zero-order valence-corrected chi connectivity index (χ0v) is 11.5.